The summed E-state index contributed by atoms with van der Waals surface area (Å²) >= 11 is 0. The molecule has 2 aliphatic rings. The van der Waals surface area contributed by atoms with Crippen molar-refractivity contribution < 1.29 is 4.74 Å². The molecule has 0 radical (unpaired) electrons. The monoisotopic (exact) mass is 363 g/mol. The molecular formula is C18H33N7O. The molecule has 2 aliphatic heterocycles. The van der Waals surface area contributed by atoms with E-state index in [4.69, 9.17) is 9.73 Å². The average Bonchev–Trinajstić information content (AvgIpc) is 3.36. The van der Waals surface area contributed by atoms with Gasteiger partial charge in [0.15, 0.2) is 5.96 Å². The maximum Gasteiger partial charge on any atom is 0.193 e. The summed E-state index contributed by atoms with van der Waals surface area (Å²) in [5, 5.41) is 11.7. The quantitative estimate of drug-likeness (QED) is 0.414. The van der Waals surface area contributed by atoms with E-state index in [2.05, 4.69) is 36.8 Å². The molecule has 146 valence electrons. The van der Waals surface area contributed by atoms with Gasteiger partial charge >= 0.3 is 0 Å². The van der Waals surface area contributed by atoms with Gasteiger partial charge in [-0.3, -0.25) is 9.89 Å². The molecule has 8 heteroatoms. The second-order valence-corrected chi connectivity index (χ2v) is 6.93. The number of aliphatic imine (C=N–C) groups is 1. The van der Waals surface area contributed by atoms with Gasteiger partial charge in [0.25, 0.3) is 0 Å². The fourth-order valence-electron chi connectivity index (χ4n) is 3.53. The van der Waals surface area contributed by atoms with E-state index in [1.807, 2.05) is 6.33 Å². The maximum absolute atomic E-state index is 5.41. The second-order valence-electron chi connectivity index (χ2n) is 6.93. The summed E-state index contributed by atoms with van der Waals surface area (Å²) in [6.45, 7) is 11.9. The van der Waals surface area contributed by atoms with Gasteiger partial charge in [0, 0.05) is 58.8 Å². The third-order valence-electron chi connectivity index (χ3n) is 5.05. The fraction of sp³-hybridized carbons (Fsp3) is 0.833. The predicted octanol–water partition coefficient (Wildman–Crippen LogP) is 0.604. The molecule has 0 spiro atoms. The standard InChI is InChI=1S/C18H33N7O/c1-2-17-22-21-16-25(17)11-7-20-18(24-9-3-4-10-24)19-6-5-8-23-12-14-26-15-13-23/h16H,2-15H2,1H3,(H,19,20). The Morgan fingerprint density at radius 2 is 2.00 bits per heavy atom. The number of morpholine rings is 1. The highest BCUT2D eigenvalue weighted by atomic mass is 16.5. The molecule has 0 bridgehead atoms. The van der Waals surface area contributed by atoms with Crippen molar-refractivity contribution in [1.29, 1.82) is 0 Å². The van der Waals surface area contributed by atoms with Crippen LogP contribution in [0.25, 0.3) is 0 Å². The Labute approximate surface area is 156 Å². The summed E-state index contributed by atoms with van der Waals surface area (Å²) in [5.74, 6) is 2.10. The lowest BCUT2D eigenvalue weighted by Gasteiger charge is -2.26. The topological polar surface area (TPSA) is 70.8 Å². The summed E-state index contributed by atoms with van der Waals surface area (Å²) < 4.78 is 7.52. The summed E-state index contributed by atoms with van der Waals surface area (Å²) in [5.41, 5.74) is 0. The van der Waals surface area contributed by atoms with Gasteiger partial charge in [-0.2, -0.15) is 0 Å². The third kappa shape index (κ3) is 5.67. The van der Waals surface area contributed by atoms with Crippen LogP contribution in [0.2, 0.25) is 0 Å². The molecule has 0 saturated carbocycles. The molecule has 26 heavy (non-hydrogen) atoms. The van der Waals surface area contributed by atoms with E-state index in [9.17, 15) is 0 Å². The number of aromatic nitrogens is 3. The largest absolute Gasteiger partial charge is 0.379 e. The van der Waals surface area contributed by atoms with E-state index >= 15 is 0 Å². The van der Waals surface area contributed by atoms with Crippen LogP contribution in [0, 0.1) is 0 Å². The van der Waals surface area contributed by atoms with Crippen molar-refractivity contribution in [1.82, 2.24) is 29.9 Å². The van der Waals surface area contributed by atoms with Crippen molar-refractivity contribution in [2.45, 2.75) is 39.2 Å². The van der Waals surface area contributed by atoms with Gasteiger partial charge in [0.2, 0.25) is 0 Å². The van der Waals surface area contributed by atoms with E-state index in [-0.39, 0.29) is 0 Å². The van der Waals surface area contributed by atoms with Crippen LogP contribution in [0.15, 0.2) is 11.3 Å². The van der Waals surface area contributed by atoms with Crippen molar-refractivity contribution in [3.63, 3.8) is 0 Å². The van der Waals surface area contributed by atoms with Gasteiger partial charge < -0.3 is 19.5 Å². The lowest BCUT2D eigenvalue weighted by molar-refractivity contribution is 0.0377. The molecule has 0 aliphatic carbocycles. The zero-order valence-corrected chi connectivity index (χ0v) is 16.1. The molecule has 8 nitrogen and oxygen atoms in total. The van der Waals surface area contributed by atoms with E-state index < -0.39 is 0 Å². The zero-order chi connectivity index (χ0) is 18.0. The van der Waals surface area contributed by atoms with Crippen molar-refractivity contribution in [3.05, 3.63) is 12.2 Å². The van der Waals surface area contributed by atoms with Gasteiger partial charge in [-0.25, -0.2) is 0 Å². The number of likely N-dealkylation sites (tertiary alicyclic amines) is 1. The third-order valence-corrected chi connectivity index (χ3v) is 5.05. The van der Waals surface area contributed by atoms with Crippen molar-refractivity contribution in [3.8, 4) is 0 Å². The Morgan fingerprint density at radius 3 is 2.77 bits per heavy atom. The second kappa shape index (κ2) is 10.5. The number of guanidine groups is 1. The molecular weight excluding hydrogens is 330 g/mol. The molecule has 1 aromatic rings. The van der Waals surface area contributed by atoms with Crippen molar-refractivity contribution in [2.75, 3.05) is 59.0 Å². The highest BCUT2D eigenvalue weighted by Crippen LogP contribution is 2.08. The molecule has 2 saturated heterocycles. The Balaban J connectivity index is 1.44. The van der Waals surface area contributed by atoms with Crippen LogP contribution in [-0.2, 0) is 17.7 Å². The van der Waals surface area contributed by atoms with Crippen LogP contribution in [0.4, 0.5) is 0 Å². The Morgan fingerprint density at radius 1 is 1.19 bits per heavy atom. The Kier molecular flexibility index (Phi) is 7.69. The summed E-state index contributed by atoms with van der Waals surface area (Å²) in [6, 6.07) is 0. The smallest absolute Gasteiger partial charge is 0.193 e. The minimum atomic E-state index is 0.851. The first kappa shape index (κ1) is 19.1. The Hall–Kier alpha value is -1.67. The summed E-state index contributed by atoms with van der Waals surface area (Å²) in [7, 11) is 0. The fourth-order valence-corrected chi connectivity index (χ4v) is 3.53. The van der Waals surface area contributed by atoms with Crippen LogP contribution >= 0.6 is 0 Å². The Bertz CT molecular complexity index is 547. The van der Waals surface area contributed by atoms with Gasteiger partial charge in [-0.15, -0.1) is 10.2 Å². The van der Waals surface area contributed by atoms with E-state index in [0.29, 0.717) is 0 Å². The number of hydrogen-bond donors (Lipinski definition) is 1. The molecule has 0 amide bonds. The maximum atomic E-state index is 5.41. The van der Waals surface area contributed by atoms with Crippen LogP contribution in [0.5, 0.6) is 0 Å². The lowest BCUT2D eigenvalue weighted by atomic mass is 10.3. The molecule has 1 N–H and O–H groups in total. The normalized spacial score (nSPS) is 19.3. The molecule has 3 rings (SSSR count). The van der Waals surface area contributed by atoms with E-state index in [1.54, 1.807) is 0 Å². The van der Waals surface area contributed by atoms with Crippen molar-refractivity contribution >= 4 is 5.96 Å². The molecule has 0 aromatic carbocycles. The SMILES string of the molecule is CCc1nncn1CCNC(=NCCCN1CCOCC1)N1CCCC1. The van der Waals surface area contributed by atoms with Gasteiger partial charge in [0.05, 0.1) is 13.2 Å². The van der Waals surface area contributed by atoms with E-state index in [0.717, 1.165) is 90.2 Å². The minimum absolute atomic E-state index is 0.851. The van der Waals surface area contributed by atoms with Gasteiger partial charge in [-0.05, 0) is 19.3 Å². The summed E-state index contributed by atoms with van der Waals surface area (Å²) in [6.07, 6.45) is 6.36. The number of nitrogens with zero attached hydrogens (tertiary/aromatic N) is 6. The molecule has 1 aromatic heterocycles. The zero-order valence-electron chi connectivity index (χ0n) is 16.1. The van der Waals surface area contributed by atoms with Crippen LogP contribution in [-0.4, -0.2) is 89.6 Å². The number of hydrogen-bond acceptors (Lipinski definition) is 5. The number of rotatable bonds is 8. The number of nitrogens with one attached hydrogen (secondary N) is 1. The predicted molar refractivity (Wildman–Crippen MR) is 102 cm³/mol. The van der Waals surface area contributed by atoms with Gasteiger partial charge in [0.1, 0.15) is 12.2 Å². The number of ether oxygens (including phenoxy) is 1. The van der Waals surface area contributed by atoms with Crippen LogP contribution < -0.4 is 5.32 Å². The molecule has 0 atom stereocenters. The van der Waals surface area contributed by atoms with E-state index in [1.165, 1.54) is 12.8 Å². The molecule has 3 heterocycles. The molecule has 2 fully saturated rings. The average molecular weight is 364 g/mol. The first-order chi connectivity index (χ1) is 12.9. The van der Waals surface area contributed by atoms with Crippen molar-refractivity contribution in [2.24, 2.45) is 4.99 Å². The van der Waals surface area contributed by atoms with Crippen LogP contribution in [0.3, 0.4) is 0 Å². The lowest BCUT2D eigenvalue weighted by Crippen LogP contribution is -2.41. The minimum Gasteiger partial charge on any atom is -0.379 e. The van der Waals surface area contributed by atoms with Crippen LogP contribution in [0.1, 0.15) is 32.0 Å². The van der Waals surface area contributed by atoms with Gasteiger partial charge in [-0.1, -0.05) is 6.92 Å². The number of aryl methyl sites for hydroxylation is 1. The highest BCUT2D eigenvalue weighted by molar-refractivity contribution is 5.80. The summed E-state index contributed by atoms with van der Waals surface area (Å²) in [4.78, 5) is 9.75. The first-order valence-corrected chi connectivity index (χ1v) is 10.1. The highest BCUT2D eigenvalue weighted by Gasteiger charge is 2.16. The first-order valence-electron chi connectivity index (χ1n) is 10.1. The molecule has 0 unspecified atom stereocenters.